The fourth-order valence-electron chi connectivity index (χ4n) is 1.24. The topological polar surface area (TPSA) is 51.2 Å². The molecule has 1 atom stereocenters. The lowest BCUT2D eigenvalue weighted by Crippen LogP contribution is -2.18. The summed E-state index contributed by atoms with van der Waals surface area (Å²) in [4.78, 5) is 0. The minimum absolute atomic E-state index is 0.0810. The number of alkyl halides is 3. The van der Waals surface area contributed by atoms with Crippen LogP contribution in [-0.4, -0.2) is 16.3 Å². The molecule has 1 aromatic heterocycles. The highest BCUT2D eigenvalue weighted by atomic mass is 19.4. The lowest BCUT2D eigenvalue weighted by molar-refractivity contribution is -0.138. The number of aliphatic hydroxyl groups excluding tert-OH is 1. The van der Waals surface area contributed by atoms with Crippen molar-refractivity contribution in [3.63, 3.8) is 0 Å². The van der Waals surface area contributed by atoms with Crippen LogP contribution in [0.2, 0.25) is 0 Å². The smallest absolute Gasteiger partial charge is 0.394 e. The summed E-state index contributed by atoms with van der Waals surface area (Å²) in [6.45, 7) is -0.507. The van der Waals surface area contributed by atoms with Crippen LogP contribution in [-0.2, 0) is 13.2 Å². The highest BCUT2D eigenvalue weighted by Gasteiger charge is 2.35. The number of aromatic nitrogens is 1. The molecule has 1 rings (SSSR count). The second-order valence-electron chi connectivity index (χ2n) is 3.08. The number of hydrogen-bond donors (Lipinski definition) is 2. The van der Waals surface area contributed by atoms with Gasteiger partial charge in [0, 0.05) is 25.0 Å². The zero-order valence-corrected chi connectivity index (χ0v) is 7.54. The molecule has 1 aromatic rings. The molecule has 14 heavy (non-hydrogen) atoms. The number of nitrogens with zero attached hydrogens (tertiary/aromatic N) is 1. The third-order valence-corrected chi connectivity index (χ3v) is 1.89. The van der Waals surface area contributed by atoms with E-state index >= 15 is 0 Å². The summed E-state index contributed by atoms with van der Waals surface area (Å²) in [5.74, 6) is 0. The molecule has 0 aliphatic carbocycles. The molecule has 0 saturated carbocycles. The van der Waals surface area contributed by atoms with Gasteiger partial charge in [-0.25, -0.2) is 0 Å². The van der Waals surface area contributed by atoms with Crippen molar-refractivity contribution in [1.82, 2.24) is 4.57 Å². The molecule has 0 amide bonds. The molecule has 0 saturated heterocycles. The van der Waals surface area contributed by atoms with E-state index in [9.17, 15) is 13.2 Å². The average molecular weight is 208 g/mol. The maximum atomic E-state index is 12.4. The maximum Gasteiger partial charge on any atom is 0.418 e. The number of aliphatic hydroxyl groups is 1. The molecule has 0 aliphatic rings. The lowest BCUT2D eigenvalue weighted by atomic mass is 10.1. The van der Waals surface area contributed by atoms with Crippen LogP contribution in [0.5, 0.6) is 0 Å². The largest absolute Gasteiger partial charge is 0.418 e. The van der Waals surface area contributed by atoms with E-state index in [1.165, 1.54) is 17.8 Å². The summed E-state index contributed by atoms with van der Waals surface area (Å²) >= 11 is 0. The van der Waals surface area contributed by atoms with E-state index in [0.29, 0.717) is 0 Å². The van der Waals surface area contributed by atoms with Gasteiger partial charge in [0.05, 0.1) is 18.2 Å². The first-order valence-electron chi connectivity index (χ1n) is 3.95. The van der Waals surface area contributed by atoms with Crippen LogP contribution in [0, 0.1) is 0 Å². The highest BCUT2D eigenvalue weighted by Crippen LogP contribution is 2.34. The Morgan fingerprint density at radius 1 is 1.50 bits per heavy atom. The number of hydrogen-bond acceptors (Lipinski definition) is 2. The minimum Gasteiger partial charge on any atom is -0.394 e. The van der Waals surface area contributed by atoms with E-state index in [1.807, 2.05) is 0 Å². The van der Waals surface area contributed by atoms with Crippen LogP contribution in [0.1, 0.15) is 17.2 Å². The van der Waals surface area contributed by atoms with Gasteiger partial charge in [0.15, 0.2) is 0 Å². The van der Waals surface area contributed by atoms with Crippen LogP contribution < -0.4 is 5.73 Å². The molecule has 0 radical (unpaired) electrons. The summed E-state index contributed by atoms with van der Waals surface area (Å²) < 4.78 is 38.5. The molecule has 3 N–H and O–H groups in total. The summed E-state index contributed by atoms with van der Waals surface area (Å²) in [6, 6.07) is -0.993. The van der Waals surface area contributed by atoms with E-state index in [2.05, 4.69) is 0 Å². The minimum atomic E-state index is -4.43. The molecule has 80 valence electrons. The van der Waals surface area contributed by atoms with Gasteiger partial charge in [-0.1, -0.05) is 0 Å². The van der Waals surface area contributed by atoms with Gasteiger partial charge < -0.3 is 15.4 Å². The van der Waals surface area contributed by atoms with E-state index in [0.717, 1.165) is 6.20 Å². The maximum absolute atomic E-state index is 12.4. The van der Waals surface area contributed by atoms with Gasteiger partial charge in [0.1, 0.15) is 0 Å². The fourth-order valence-corrected chi connectivity index (χ4v) is 1.24. The van der Waals surface area contributed by atoms with Crippen LogP contribution in [0.4, 0.5) is 13.2 Å². The van der Waals surface area contributed by atoms with Crippen molar-refractivity contribution >= 4 is 0 Å². The van der Waals surface area contributed by atoms with Gasteiger partial charge >= 0.3 is 6.18 Å². The highest BCUT2D eigenvalue weighted by molar-refractivity contribution is 5.30. The Balaban J connectivity index is 3.16. The van der Waals surface area contributed by atoms with Crippen LogP contribution in [0.15, 0.2) is 12.4 Å². The van der Waals surface area contributed by atoms with Gasteiger partial charge in [0.25, 0.3) is 0 Å². The Hall–Kier alpha value is -1.01. The Morgan fingerprint density at radius 3 is 2.50 bits per heavy atom. The molecule has 6 heteroatoms. The molecule has 3 nitrogen and oxygen atoms in total. The van der Waals surface area contributed by atoms with Gasteiger partial charge in [-0.15, -0.1) is 0 Å². The third-order valence-electron chi connectivity index (χ3n) is 1.89. The first kappa shape index (κ1) is 11.1. The fraction of sp³-hybridized carbons (Fsp3) is 0.500. The number of halogens is 3. The monoisotopic (exact) mass is 208 g/mol. The number of aryl methyl sites for hydroxylation is 1. The molecule has 0 spiro atoms. The molecular formula is C8H11F3N2O. The Morgan fingerprint density at radius 2 is 2.07 bits per heavy atom. The van der Waals surface area contributed by atoms with Crippen LogP contribution in [0.3, 0.4) is 0 Å². The zero-order chi connectivity index (χ0) is 10.9. The predicted molar refractivity (Wildman–Crippen MR) is 44.4 cm³/mol. The predicted octanol–water partition coefficient (Wildman–Crippen LogP) is 1.04. The lowest BCUT2D eigenvalue weighted by Gasteiger charge is -2.11. The first-order chi connectivity index (χ1) is 6.36. The van der Waals surface area contributed by atoms with Gasteiger partial charge in [-0.05, 0) is 0 Å². The number of nitrogens with two attached hydrogens (primary N) is 1. The summed E-state index contributed by atoms with van der Waals surface area (Å²) in [7, 11) is 1.48. The molecule has 0 aromatic carbocycles. The molecule has 0 fully saturated rings. The van der Waals surface area contributed by atoms with Crippen molar-refractivity contribution < 1.29 is 18.3 Å². The van der Waals surface area contributed by atoms with Gasteiger partial charge in [-0.2, -0.15) is 13.2 Å². The van der Waals surface area contributed by atoms with E-state index in [4.69, 9.17) is 10.8 Å². The first-order valence-corrected chi connectivity index (χ1v) is 3.95. The summed E-state index contributed by atoms with van der Waals surface area (Å²) in [5, 5.41) is 8.69. The van der Waals surface area contributed by atoms with Crippen molar-refractivity contribution in [2.45, 2.75) is 12.2 Å². The van der Waals surface area contributed by atoms with Crippen molar-refractivity contribution in [1.29, 1.82) is 0 Å². The molecule has 0 aliphatic heterocycles. The van der Waals surface area contributed by atoms with Crippen LogP contribution >= 0.6 is 0 Å². The quantitative estimate of drug-likeness (QED) is 0.762. The Labute approximate surface area is 78.9 Å². The van der Waals surface area contributed by atoms with E-state index in [-0.39, 0.29) is 5.56 Å². The van der Waals surface area contributed by atoms with Crippen molar-refractivity contribution in [2.24, 2.45) is 12.8 Å². The Bertz CT molecular complexity index is 319. The van der Waals surface area contributed by atoms with Gasteiger partial charge in [0.2, 0.25) is 0 Å². The van der Waals surface area contributed by atoms with E-state index < -0.39 is 24.4 Å². The normalized spacial score (nSPS) is 14.4. The zero-order valence-electron chi connectivity index (χ0n) is 7.54. The average Bonchev–Trinajstić information content (AvgIpc) is 2.45. The summed E-state index contributed by atoms with van der Waals surface area (Å²) in [5.41, 5.74) is 4.47. The summed E-state index contributed by atoms with van der Waals surface area (Å²) in [6.07, 6.45) is -2.21. The molecule has 0 bridgehead atoms. The molecular weight excluding hydrogens is 197 g/mol. The van der Waals surface area contributed by atoms with Gasteiger partial charge in [-0.3, -0.25) is 0 Å². The number of rotatable bonds is 2. The Kier molecular flexibility index (Phi) is 2.86. The molecule has 1 heterocycles. The van der Waals surface area contributed by atoms with Crippen LogP contribution in [0.25, 0.3) is 0 Å². The van der Waals surface area contributed by atoms with Crippen molar-refractivity contribution in [3.8, 4) is 0 Å². The van der Waals surface area contributed by atoms with Crippen molar-refractivity contribution in [3.05, 3.63) is 23.5 Å². The van der Waals surface area contributed by atoms with E-state index in [1.54, 1.807) is 0 Å². The molecule has 0 unspecified atom stereocenters. The second-order valence-corrected chi connectivity index (χ2v) is 3.08. The standard InChI is InChI=1S/C8H11F3N2O/c1-13-2-5(7(12)4-14)6(3-13)8(9,10)11/h2-3,7,14H,4,12H2,1H3/t7-/m0/s1. The third kappa shape index (κ3) is 2.08. The van der Waals surface area contributed by atoms with Crippen molar-refractivity contribution in [2.75, 3.05) is 6.61 Å². The SMILES string of the molecule is Cn1cc([C@@H](N)CO)c(C(F)(F)F)c1. The second kappa shape index (κ2) is 3.62.